The molecule has 0 saturated heterocycles. The summed E-state index contributed by atoms with van der Waals surface area (Å²) in [5, 5.41) is 0. The van der Waals surface area contributed by atoms with Crippen LogP contribution in [0.15, 0.2) is 59.8 Å². The Balaban J connectivity index is 2.68. The third-order valence-corrected chi connectivity index (χ3v) is 5.46. The summed E-state index contributed by atoms with van der Waals surface area (Å²) in [5.41, 5.74) is 1.66. The monoisotopic (exact) mass is 320 g/mol. The van der Waals surface area contributed by atoms with E-state index in [1.807, 2.05) is 0 Å². The molecule has 4 heteroatoms. The zero-order valence-electron chi connectivity index (χ0n) is 13.8. The molecule has 0 fully saturated rings. The maximum Gasteiger partial charge on any atom is 0.277 e. The molecular weight excluding hydrogens is 296 g/mol. The molecule has 1 N–H and O–H groups in total. The second-order valence-corrected chi connectivity index (χ2v) is 9.33. The summed E-state index contributed by atoms with van der Waals surface area (Å²) in [5.74, 6) is 0. The molecule has 22 heavy (non-hydrogen) atoms. The van der Waals surface area contributed by atoms with Crippen LogP contribution < -0.4 is 0 Å². The third-order valence-electron chi connectivity index (χ3n) is 4.07. The third kappa shape index (κ3) is 3.50. The second kappa shape index (κ2) is 5.07. The van der Waals surface area contributed by atoms with Crippen LogP contribution in [0.25, 0.3) is 0 Å². The van der Waals surface area contributed by atoms with Crippen LogP contribution in [0.1, 0.15) is 34.6 Å². The summed E-state index contributed by atoms with van der Waals surface area (Å²) in [6, 6.07) is 0. The smallest absolute Gasteiger partial charge is 0.277 e. The van der Waals surface area contributed by atoms with Crippen molar-refractivity contribution in [1.29, 1.82) is 0 Å². The fourth-order valence-corrected chi connectivity index (χ4v) is 3.00. The molecule has 2 aliphatic rings. The number of allylic oxidation sites excluding steroid dienone is 8. The van der Waals surface area contributed by atoms with Crippen molar-refractivity contribution in [3.05, 3.63) is 59.8 Å². The van der Waals surface area contributed by atoms with Gasteiger partial charge in [-0.25, -0.2) is 0 Å². The van der Waals surface area contributed by atoms with E-state index < -0.39 is 14.9 Å². The first-order chi connectivity index (χ1) is 9.84. The predicted octanol–water partition coefficient (Wildman–Crippen LogP) is 4.23. The van der Waals surface area contributed by atoms with E-state index in [0.717, 1.165) is 11.1 Å². The Kier molecular flexibility index (Phi) is 3.91. The Morgan fingerprint density at radius 2 is 1.14 bits per heavy atom. The van der Waals surface area contributed by atoms with Crippen LogP contribution in [0.3, 0.4) is 0 Å². The first kappa shape index (κ1) is 17.0. The van der Waals surface area contributed by atoms with Gasteiger partial charge in [0.25, 0.3) is 10.1 Å². The molecular formula is C18H24O3S. The molecule has 0 aromatic heterocycles. The first-order valence-corrected chi connectivity index (χ1v) is 8.80. The van der Waals surface area contributed by atoms with Crippen LogP contribution >= 0.6 is 0 Å². The molecule has 2 aliphatic carbocycles. The summed E-state index contributed by atoms with van der Waals surface area (Å²) in [6.07, 6.45) is 15.2. The van der Waals surface area contributed by atoms with E-state index in [4.69, 9.17) is 0 Å². The molecule has 0 aromatic rings. The van der Waals surface area contributed by atoms with Crippen molar-refractivity contribution in [2.24, 2.45) is 10.8 Å². The highest BCUT2D eigenvalue weighted by molar-refractivity contribution is 7.87. The summed E-state index contributed by atoms with van der Waals surface area (Å²) in [6.45, 7) is 9.93. The van der Waals surface area contributed by atoms with Crippen LogP contribution in [0.4, 0.5) is 0 Å². The van der Waals surface area contributed by atoms with Crippen molar-refractivity contribution in [1.82, 2.24) is 0 Å². The van der Waals surface area contributed by atoms with Gasteiger partial charge in [0.15, 0.2) is 0 Å². The molecule has 0 radical (unpaired) electrons. The second-order valence-electron chi connectivity index (χ2n) is 7.50. The first-order valence-electron chi connectivity index (χ1n) is 7.36. The molecule has 0 bridgehead atoms. The molecule has 2 rings (SSSR count). The summed E-state index contributed by atoms with van der Waals surface area (Å²) >= 11 is 0. The molecule has 0 aliphatic heterocycles. The van der Waals surface area contributed by atoms with E-state index in [0.29, 0.717) is 0 Å². The van der Waals surface area contributed by atoms with Crippen molar-refractivity contribution >= 4 is 10.1 Å². The highest BCUT2D eigenvalue weighted by atomic mass is 32.2. The average molecular weight is 320 g/mol. The number of hydrogen-bond donors (Lipinski definition) is 1. The van der Waals surface area contributed by atoms with Crippen LogP contribution in [0.5, 0.6) is 0 Å². The Bertz CT molecular complexity index is 682. The molecule has 3 nitrogen and oxygen atoms in total. The molecule has 1 atom stereocenters. The minimum atomic E-state index is -4.21. The van der Waals surface area contributed by atoms with Crippen LogP contribution in [-0.2, 0) is 10.1 Å². The van der Waals surface area contributed by atoms with Gasteiger partial charge in [-0.3, -0.25) is 4.55 Å². The lowest BCUT2D eigenvalue weighted by atomic mass is 9.79. The van der Waals surface area contributed by atoms with Crippen LogP contribution in [0.2, 0.25) is 0 Å². The topological polar surface area (TPSA) is 54.4 Å². The average Bonchev–Trinajstić information content (AvgIpc) is 2.48. The molecule has 0 amide bonds. The maximum atomic E-state index is 11.7. The lowest BCUT2D eigenvalue weighted by molar-refractivity contribution is 0.466. The molecule has 0 heterocycles. The van der Waals surface area contributed by atoms with Gasteiger partial charge in [-0.1, -0.05) is 76.3 Å². The number of rotatable bonds is 1. The van der Waals surface area contributed by atoms with E-state index in [2.05, 4.69) is 52.0 Å². The van der Waals surface area contributed by atoms with E-state index in [1.165, 1.54) is 6.92 Å². The van der Waals surface area contributed by atoms with Crippen LogP contribution in [0, 0.1) is 10.8 Å². The quantitative estimate of drug-likeness (QED) is 0.581. The lowest BCUT2D eigenvalue weighted by Crippen LogP contribution is -2.29. The van der Waals surface area contributed by atoms with E-state index >= 15 is 0 Å². The van der Waals surface area contributed by atoms with Crippen molar-refractivity contribution in [2.45, 2.75) is 39.4 Å². The molecule has 0 saturated carbocycles. The highest BCUT2D eigenvalue weighted by Crippen LogP contribution is 2.36. The SMILES string of the molecule is CC1(C)C=C2C=CC(C)(S(=O)(=O)O)C=C/C2=C/C(C)(C)/C=C\1. The summed E-state index contributed by atoms with van der Waals surface area (Å²) < 4.78 is 31.4. The van der Waals surface area contributed by atoms with Gasteiger partial charge in [0.2, 0.25) is 0 Å². The number of hydrogen-bond acceptors (Lipinski definition) is 2. The summed E-state index contributed by atoms with van der Waals surface area (Å²) in [7, 11) is -4.21. The van der Waals surface area contributed by atoms with E-state index in [-0.39, 0.29) is 10.8 Å². The van der Waals surface area contributed by atoms with Crippen molar-refractivity contribution in [3.63, 3.8) is 0 Å². The van der Waals surface area contributed by atoms with Crippen LogP contribution in [-0.4, -0.2) is 17.7 Å². The fourth-order valence-electron chi connectivity index (χ4n) is 2.52. The molecule has 0 aromatic carbocycles. The largest absolute Gasteiger partial charge is 0.285 e. The summed E-state index contributed by atoms with van der Waals surface area (Å²) in [4.78, 5) is 0. The van der Waals surface area contributed by atoms with Gasteiger partial charge in [0.05, 0.1) is 0 Å². The van der Waals surface area contributed by atoms with Gasteiger partial charge >= 0.3 is 0 Å². The van der Waals surface area contributed by atoms with E-state index in [9.17, 15) is 13.0 Å². The van der Waals surface area contributed by atoms with Gasteiger partial charge in [-0.05, 0) is 18.1 Å². The van der Waals surface area contributed by atoms with Gasteiger partial charge in [-0.15, -0.1) is 0 Å². The van der Waals surface area contributed by atoms with Gasteiger partial charge in [-0.2, -0.15) is 8.42 Å². The molecule has 1 unspecified atom stereocenters. The number of fused-ring (bicyclic) bond motifs is 1. The maximum absolute atomic E-state index is 11.7. The zero-order valence-corrected chi connectivity index (χ0v) is 14.6. The Morgan fingerprint density at radius 1 is 0.773 bits per heavy atom. The minimum Gasteiger partial charge on any atom is -0.285 e. The standard InChI is InChI=1S/C18H24O3S/c1-16(2)10-11-17(3,4)13-15-7-9-18(5,22(19,20)21)8-6-14(15)12-16/h6-13H,1-5H3,(H,19,20,21)/b11-10-,14-12-,15-13?. The van der Waals surface area contributed by atoms with Gasteiger partial charge < -0.3 is 0 Å². The van der Waals surface area contributed by atoms with Crippen molar-refractivity contribution < 1.29 is 13.0 Å². The minimum absolute atomic E-state index is 0.136. The Morgan fingerprint density at radius 3 is 1.45 bits per heavy atom. The van der Waals surface area contributed by atoms with Gasteiger partial charge in [0, 0.05) is 10.8 Å². The normalized spacial score (nSPS) is 33.5. The van der Waals surface area contributed by atoms with Crippen molar-refractivity contribution in [3.8, 4) is 0 Å². The molecule has 0 spiro atoms. The van der Waals surface area contributed by atoms with E-state index in [1.54, 1.807) is 24.3 Å². The predicted molar refractivity (Wildman–Crippen MR) is 91.1 cm³/mol. The van der Waals surface area contributed by atoms with Gasteiger partial charge in [0.1, 0.15) is 4.75 Å². The Hall–Kier alpha value is -1.39. The van der Waals surface area contributed by atoms with Crippen molar-refractivity contribution in [2.75, 3.05) is 0 Å². The molecule has 120 valence electrons. The highest BCUT2D eigenvalue weighted by Gasteiger charge is 2.34. The fraction of sp³-hybridized carbons (Fsp3) is 0.444. The Labute approximate surface area is 133 Å². The zero-order chi connectivity index (χ0) is 16.8. The lowest BCUT2D eigenvalue weighted by Gasteiger charge is -2.25.